The second-order valence-electron chi connectivity index (χ2n) is 5.92. The molecule has 0 saturated carbocycles. The van der Waals surface area contributed by atoms with Crippen molar-refractivity contribution in [1.29, 1.82) is 0 Å². The van der Waals surface area contributed by atoms with E-state index in [1.54, 1.807) is 50.9 Å². The Bertz CT molecular complexity index is 955. The summed E-state index contributed by atoms with van der Waals surface area (Å²) in [5.74, 6) is 1.74. The van der Waals surface area contributed by atoms with Gasteiger partial charge < -0.3 is 19.5 Å². The quantitative estimate of drug-likeness (QED) is 0.625. The monoisotopic (exact) mass is 398 g/mol. The summed E-state index contributed by atoms with van der Waals surface area (Å²) < 4.78 is 15.8. The molecule has 0 aliphatic heterocycles. The molecule has 146 valence electrons. The molecule has 6 nitrogen and oxygen atoms in total. The standard InChI is InChI=1S/C21H22N2O4S/c1-25-17-7-5-4-6-16(17)21-23-15(13-28-21)10-11-22-20(24)14-8-9-18(26-2)19(12-14)27-3/h4-9,12-13H,10-11H2,1-3H3,(H,22,24). The zero-order chi connectivity index (χ0) is 19.9. The SMILES string of the molecule is COc1ccc(C(=O)NCCc2csc(-c3ccccc3OC)n2)cc1OC. The Morgan fingerprint density at radius 3 is 2.50 bits per heavy atom. The van der Waals surface area contributed by atoms with Gasteiger partial charge in [-0.1, -0.05) is 12.1 Å². The Kier molecular flexibility index (Phi) is 6.49. The summed E-state index contributed by atoms with van der Waals surface area (Å²) in [6, 6.07) is 12.9. The number of para-hydroxylation sites is 1. The van der Waals surface area contributed by atoms with Crippen LogP contribution < -0.4 is 19.5 Å². The third-order valence-corrected chi connectivity index (χ3v) is 5.13. The lowest BCUT2D eigenvalue weighted by Crippen LogP contribution is -2.25. The minimum atomic E-state index is -0.166. The largest absolute Gasteiger partial charge is 0.496 e. The molecule has 0 fully saturated rings. The van der Waals surface area contributed by atoms with Crippen molar-refractivity contribution in [2.24, 2.45) is 0 Å². The number of benzene rings is 2. The van der Waals surface area contributed by atoms with Crippen LogP contribution in [0.25, 0.3) is 10.6 Å². The minimum Gasteiger partial charge on any atom is -0.496 e. The van der Waals surface area contributed by atoms with E-state index in [-0.39, 0.29) is 5.91 Å². The predicted molar refractivity (Wildman–Crippen MR) is 110 cm³/mol. The van der Waals surface area contributed by atoms with Gasteiger partial charge in [0.05, 0.1) is 32.6 Å². The molecule has 0 aliphatic carbocycles. The summed E-state index contributed by atoms with van der Waals surface area (Å²) in [5.41, 5.74) is 2.42. The summed E-state index contributed by atoms with van der Waals surface area (Å²) in [4.78, 5) is 17.0. The van der Waals surface area contributed by atoms with Gasteiger partial charge in [-0.25, -0.2) is 4.98 Å². The fourth-order valence-corrected chi connectivity index (χ4v) is 3.63. The van der Waals surface area contributed by atoms with Gasteiger partial charge in [-0.2, -0.15) is 0 Å². The van der Waals surface area contributed by atoms with Crippen molar-refractivity contribution < 1.29 is 19.0 Å². The Morgan fingerprint density at radius 2 is 1.75 bits per heavy atom. The van der Waals surface area contributed by atoms with Crippen LogP contribution in [0.4, 0.5) is 0 Å². The number of nitrogens with one attached hydrogen (secondary N) is 1. The molecule has 1 amide bonds. The van der Waals surface area contributed by atoms with E-state index in [2.05, 4.69) is 10.3 Å². The molecule has 2 aromatic carbocycles. The first-order valence-corrected chi connectivity index (χ1v) is 9.62. The van der Waals surface area contributed by atoms with E-state index in [0.29, 0.717) is 30.0 Å². The van der Waals surface area contributed by atoms with Gasteiger partial charge in [0.1, 0.15) is 10.8 Å². The average molecular weight is 398 g/mol. The van der Waals surface area contributed by atoms with E-state index in [1.165, 1.54) is 0 Å². The number of methoxy groups -OCH3 is 3. The fraction of sp³-hybridized carbons (Fsp3) is 0.238. The van der Waals surface area contributed by atoms with Crippen molar-refractivity contribution in [2.45, 2.75) is 6.42 Å². The molecule has 7 heteroatoms. The van der Waals surface area contributed by atoms with Crippen LogP contribution in [-0.2, 0) is 6.42 Å². The molecule has 0 saturated heterocycles. The highest BCUT2D eigenvalue weighted by molar-refractivity contribution is 7.13. The van der Waals surface area contributed by atoms with Crippen molar-refractivity contribution in [2.75, 3.05) is 27.9 Å². The van der Waals surface area contributed by atoms with Gasteiger partial charge in [-0.3, -0.25) is 4.79 Å². The number of carbonyl (C=O) groups excluding carboxylic acids is 1. The molecule has 1 aromatic heterocycles. The van der Waals surface area contributed by atoms with Gasteiger partial charge in [-0.05, 0) is 30.3 Å². The first-order chi connectivity index (χ1) is 13.7. The highest BCUT2D eigenvalue weighted by Crippen LogP contribution is 2.32. The molecule has 0 aliphatic rings. The summed E-state index contributed by atoms with van der Waals surface area (Å²) in [5, 5.41) is 5.82. The van der Waals surface area contributed by atoms with E-state index in [4.69, 9.17) is 14.2 Å². The molecule has 0 radical (unpaired) electrons. The van der Waals surface area contributed by atoms with E-state index >= 15 is 0 Å². The second kappa shape index (κ2) is 9.23. The Morgan fingerprint density at radius 1 is 1.00 bits per heavy atom. The lowest BCUT2D eigenvalue weighted by Gasteiger charge is -2.09. The lowest BCUT2D eigenvalue weighted by molar-refractivity contribution is 0.0953. The highest BCUT2D eigenvalue weighted by Gasteiger charge is 2.12. The number of rotatable bonds is 8. The van der Waals surface area contributed by atoms with Crippen LogP contribution >= 0.6 is 11.3 Å². The number of hydrogen-bond acceptors (Lipinski definition) is 6. The van der Waals surface area contributed by atoms with Crippen LogP contribution in [0.3, 0.4) is 0 Å². The van der Waals surface area contributed by atoms with E-state index < -0.39 is 0 Å². The van der Waals surface area contributed by atoms with Crippen LogP contribution in [0.1, 0.15) is 16.1 Å². The molecular weight excluding hydrogens is 376 g/mol. The van der Waals surface area contributed by atoms with Gasteiger partial charge in [0.2, 0.25) is 0 Å². The van der Waals surface area contributed by atoms with Gasteiger partial charge in [0.25, 0.3) is 5.91 Å². The number of thiazole rings is 1. The van der Waals surface area contributed by atoms with Crippen LogP contribution in [0.5, 0.6) is 17.2 Å². The number of nitrogens with zero attached hydrogens (tertiary/aromatic N) is 1. The molecule has 1 N–H and O–H groups in total. The minimum absolute atomic E-state index is 0.166. The Balaban J connectivity index is 1.60. The van der Waals surface area contributed by atoms with Crippen molar-refractivity contribution in [3.63, 3.8) is 0 Å². The fourth-order valence-electron chi connectivity index (χ4n) is 2.75. The van der Waals surface area contributed by atoms with E-state index in [0.717, 1.165) is 22.0 Å². The molecule has 28 heavy (non-hydrogen) atoms. The number of ether oxygens (including phenoxy) is 3. The topological polar surface area (TPSA) is 69.7 Å². The molecule has 0 atom stereocenters. The maximum Gasteiger partial charge on any atom is 0.251 e. The molecule has 3 aromatic rings. The third kappa shape index (κ3) is 4.43. The van der Waals surface area contributed by atoms with Crippen molar-refractivity contribution in [1.82, 2.24) is 10.3 Å². The lowest BCUT2D eigenvalue weighted by atomic mass is 10.2. The van der Waals surface area contributed by atoms with Gasteiger partial charge in [0, 0.05) is 23.9 Å². The Hall–Kier alpha value is -3.06. The summed E-state index contributed by atoms with van der Waals surface area (Å²) in [6.45, 7) is 0.488. The summed E-state index contributed by atoms with van der Waals surface area (Å²) in [6.07, 6.45) is 0.644. The van der Waals surface area contributed by atoms with Gasteiger partial charge >= 0.3 is 0 Å². The third-order valence-electron chi connectivity index (χ3n) is 4.20. The number of hydrogen-bond donors (Lipinski definition) is 1. The molecular formula is C21H22N2O4S. The van der Waals surface area contributed by atoms with Gasteiger partial charge in [0.15, 0.2) is 11.5 Å². The highest BCUT2D eigenvalue weighted by atomic mass is 32.1. The number of amides is 1. The van der Waals surface area contributed by atoms with Crippen molar-refractivity contribution >= 4 is 17.2 Å². The zero-order valence-corrected chi connectivity index (χ0v) is 16.8. The zero-order valence-electron chi connectivity index (χ0n) is 16.0. The van der Waals surface area contributed by atoms with Crippen LogP contribution in [0, 0.1) is 0 Å². The summed E-state index contributed by atoms with van der Waals surface area (Å²) >= 11 is 1.56. The van der Waals surface area contributed by atoms with Crippen LogP contribution in [0.15, 0.2) is 47.8 Å². The number of carbonyl (C=O) groups is 1. The molecule has 0 unspecified atom stereocenters. The molecule has 0 bridgehead atoms. The van der Waals surface area contributed by atoms with Crippen LogP contribution in [0.2, 0.25) is 0 Å². The van der Waals surface area contributed by atoms with Crippen molar-refractivity contribution in [3.8, 4) is 27.8 Å². The Labute approximate surface area is 168 Å². The van der Waals surface area contributed by atoms with E-state index in [1.807, 2.05) is 29.6 Å². The predicted octanol–water partition coefficient (Wildman–Crippen LogP) is 3.81. The van der Waals surface area contributed by atoms with Crippen LogP contribution in [-0.4, -0.2) is 38.8 Å². The molecule has 0 spiro atoms. The normalized spacial score (nSPS) is 10.4. The molecule has 3 rings (SSSR count). The number of aromatic nitrogens is 1. The van der Waals surface area contributed by atoms with E-state index in [9.17, 15) is 4.79 Å². The molecule has 1 heterocycles. The maximum absolute atomic E-state index is 12.4. The average Bonchev–Trinajstić information content (AvgIpc) is 3.21. The smallest absolute Gasteiger partial charge is 0.251 e. The second-order valence-corrected chi connectivity index (χ2v) is 6.78. The van der Waals surface area contributed by atoms with Gasteiger partial charge in [-0.15, -0.1) is 11.3 Å². The summed E-state index contributed by atoms with van der Waals surface area (Å²) in [7, 11) is 4.75. The van der Waals surface area contributed by atoms with Crippen molar-refractivity contribution in [3.05, 3.63) is 59.1 Å². The maximum atomic E-state index is 12.4. The first kappa shape index (κ1) is 19.7. The first-order valence-electron chi connectivity index (χ1n) is 8.74.